The molecule has 2 aliphatic rings. The third kappa shape index (κ3) is 5.70. The van der Waals surface area contributed by atoms with Gasteiger partial charge in [0, 0.05) is 56.1 Å². The lowest BCUT2D eigenvalue weighted by Gasteiger charge is -2.30. The summed E-state index contributed by atoms with van der Waals surface area (Å²) in [6.07, 6.45) is 8.15. The fourth-order valence-corrected chi connectivity index (χ4v) is 5.47. The Kier molecular flexibility index (Phi) is 7.47. The minimum Gasteiger partial charge on any atom is -0.393 e. The molecule has 206 valence electrons. The molecule has 40 heavy (non-hydrogen) atoms. The molecule has 5 heterocycles. The van der Waals surface area contributed by atoms with Gasteiger partial charge < -0.3 is 15.3 Å². The van der Waals surface area contributed by atoms with Gasteiger partial charge in [0.1, 0.15) is 5.82 Å². The van der Waals surface area contributed by atoms with Crippen molar-refractivity contribution in [3.05, 3.63) is 71.2 Å². The number of fused-ring (bicyclic) bond motifs is 1. The fourth-order valence-electron chi connectivity index (χ4n) is 5.47. The van der Waals surface area contributed by atoms with Crippen LogP contribution in [0, 0.1) is 4.91 Å². The highest BCUT2D eigenvalue weighted by Crippen LogP contribution is 2.27. The number of carbonyl (C=O) groups is 1. The van der Waals surface area contributed by atoms with Gasteiger partial charge in [-0.2, -0.15) is 10.0 Å². The number of aliphatic hydroxyl groups is 1. The zero-order valence-corrected chi connectivity index (χ0v) is 22.2. The van der Waals surface area contributed by atoms with Crippen molar-refractivity contribution < 1.29 is 9.90 Å². The number of rotatable bonds is 7. The molecule has 4 aromatic rings. The van der Waals surface area contributed by atoms with Crippen LogP contribution in [0.1, 0.15) is 41.7 Å². The number of aromatic amines is 1. The molecule has 0 unspecified atom stereocenters. The van der Waals surface area contributed by atoms with Crippen LogP contribution >= 0.6 is 0 Å². The Labute approximate surface area is 231 Å². The van der Waals surface area contributed by atoms with Crippen molar-refractivity contribution in [2.75, 3.05) is 36.4 Å². The number of carbonyl (C=O) groups excluding carboxylic acids is 1. The summed E-state index contributed by atoms with van der Waals surface area (Å²) in [5.41, 5.74) is 4.66. The molecule has 2 fully saturated rings. The van der Waals surface area contributed by atoms with Crippen molar-refractivity contribution in [3.8, 4) is 11.1 Å². The predicted octanol–water partition coefficient (Wildman–Crippen LogP) is 3.96. The molecule has 1 aromatic carbocycles. The largest absolute Gasteiger partial charge is 0.393 e. The molecule has 3 aromatic heterocycles. The number of nitrogens with zero attached hydrogens (tertiary/aromatic N) is 6. The second kappa shape index (κ2) is 11.5. The van der Waals surface area contributed by atoms with Gasteiger partial charge in [-0.15, -0.1) is 0 Å². The molecule has 1 amide bonds. The summed E-state index contributed by atoms with van der Waals surface area (Å²) in [5, 5.41) is 23.8. The number of aliphatic hydroxyl groups excluding tert-OH is 1. The number of likely N-dealkylation sites (tertiary alicyclic amines) is 1. The van der Waals surface area contributed by atoms with E-state index in [1.54, 1.807) is 6.20 Å². The smallest absolute Gasteiger partial charge is 0.276 e. The van der Waals surface area contributed by atoms with Gasteiger partial charge >= 0.3 is 0 Å². The molecule has 0 aliphatic carbocycles. The number of hydrogen-bond acceptors (Lipinski definition) is 9. The van der Waals surface area contributed by atoms with Gasteiger partial charge in [-0.3, -0.25) is 19.8 Å². The second-order valence-electron chi connectivity index (χ2n) is 10.6. The Morgan fingerprint density at radius 2 is 1.82 bits per heavy atom. The van der Waals surface area contributed by atoms with Crippen LogP contribution in [0.25, 0.3) is 22.0 Å². The number of H-pyrrole nitrogens is 1. The first-order valence-corrected chi connectivity index (χ1v) is 13.7. The van der Waals surface area contributed by atoms with E-state index in [0.717, 1.165) is 91.8 Å². The van der Waals surface area contributed by atoms with E-state index in [0.29, 0.717) is 11.4 Å². The highest BCUT2D eigenvalue weighted by Gasteiger charge is 2.21. The number of aromatic nitrogens is 4. The molecule has 0 radical (unpaired) electrons. The van der Waals surface area contributed by atoms with Gasteiger partial charge in [-0.25, -0.2) is 4.98 Å². The summed E-state index contributed by atoms with van der Waals surface area (Å²) in [5.74, 6) is 0.511. The van der Waals surface area contributed by atoms with Gasteiger partial charge in [-0.05, 0) is 67.1 Å². The van der Waals surface area contributed by atoms with Gasteiger partial charge in [0.05, 0.1) is 29.5 Å². The number of anilines is 2. The quantitative estimate of drug-likeness (QED) is 0.299. The molecule has 2 saturated heterocycles. The van der Waals surface area contributed by atoms with Gasteiger partial charge in [0.25, 0.3) is 5.91 Å². The Morgan fingerprint density at radius 1 is 1.00 bits per heavy atom. The highest BCUT2D eigenvalue weighted by molar-refractivity contribution is 6.11. The first-order chi connectivity index (χ1) is 19.6. The molecule has 0 bridgehead atoms. The van der Waals surface area contributed by atoms with E-state index >= 15 is 0 Å². The second-order valence-corrected chi connectivity index (χ2v) is 10.6. The predicted molar refractivity (Wildman–Crippen MR) is 153 cm³/mol. The lowest BCUT2D eigenvalue weighted by atomic mass is 10.0. The number of amides is 1. The number of nitroso groups, excluding NO2 is 1. The van der Waals surface area contributed by atoms with Gasteiger partial charge in [-0.1, -0.05) is 11.2 Å². The van der Waals surface area contributed by atoms with Gasteiger partial charge in [0.15, 0.2) is 5.69 Å². The van der Waals surface area contributed by atoms with Crippen LogP contribution in [0.3, 0.4) is 0 Å². The standard InChI is InChI=1S/C29H32N8O3/c38-24-7-11-37(12-8-24)27-4-2-23(17-31-27)32-29(39)28-25-14-20(1-3-26(25)33-34-28)21-13-19(15-30-16-21)18-36-9-5-22(35-40)6-10-36/h1-4,13-17,22,24,38H,5-12,18H2,(H,32,39)(H,33,34). The van der Waals surface area contributed by atoms with E-state index in [9.17, 15) is 14.8 Å². The molecule has 0 saturated carbocycles. The Balaban J connectivity index is 1.15. The number of piperidine rings is 2. The van der Waals surface area contributed by atoms with E-state index in [2.05, 4.69) is 46.5 Å². The molecule has 2 aliphatic heterocycles. The summed E-state index contributed by atoms with van der Waals surface area (Å²) < 4.78 is 0. The van der Waals surface area contributed by atoms with E-state index < -0.39 is 0 Å². The molecule has 0 atom stereocenters. The number of nitrogens with one attached hydrogen (secondary N) is 2. The monoisotopic (exact) mass is 540 g/mol. The van der Waals surface area contributed by atoms with Crippen LogP contribution in [0.4, 0.5) is 11.5 Å². The SMILES string of the molecule is O=NC1CCN(Cc2cncc(-c3ccc4[nH]nc(C(=O)Nc5ccc(N6CCC(O)CC6)nc5)c4c3)c2)CC1. The van der Waals surface area contributed by atoms with Crippen molar-refractivity contribution in [3.63, 3.8) is 0 Å². The van der Waals surface area contributed by atoms with Crippen molar-refractivity contribution >= 4 is 28.3 Å². The maximum Gasteiger partial charge on any atom is 0.276 e. The first-order valence-electron chi connectivity index (χ1n) is 13.7. The summed E-state index contributed by atoms with van der Waals surface area (Å²) in [4.78, 5) is 37.4. The van der Waals surface area contributed by atoms with Crippen LogP contribution in [-0.2, 0) is 6.54 Å². The molecule has 11 heteroatoms. The van der Waals surface area contributed by atoms with E-state index in [1.165, 1.54) is 0 Å². The normalized spacial score (nSPS) is 17.3. The Hall–Kier alpha value is -4.22. The molecule has 3 N–H and O–H groups in total. The van der Waals surface area contributed by atoms with E-state index in [1.807, 2.05) is 42.7 Å². The highest BCUT2D eigenvalue weighted by atomic mass is 16.3. The van der Waals surface area contributed by atoms with E-state index in [4.69, 9.17) is 0 Å². The lowest BCUT2D eigenvalue weighted by molar-refractivity contribution is 0.102. The number of pyridine rings is 2. The number of benzene rings is 1. The average molecular weight is 541 g/mol. The van der Waals surface area contributed by atoms with Crippen molar-refractivity contribution in [1.29, 1.82) is 0 Å². The fraction of sp³-hybridized carbons (Fsp3) is 0.379. The third-order valence-corrected chi connectivity index (χ3v) is 7.81. The topological polar surface area (TPSA) is 140 Å². The molecule has 11 nitrogen and oxygen atoms in total. The van der Waals surface area contributed by atoms with Crippen molar-refractivity contribution in [1.82, 2.24) is 25.1 Å². The van der Waals surface area contributed by atoms with Crippen LogP contribution < -0.4 is 10.2 Å². The summed E-state index contributed by atoms with van der Waals surface area (Å²) in [6, 6.07) is 11.6. The maximum absolute atomic E-state index is 13.2. The number of hydrogen-bond donors (Lipinski definition) is 3. The Morgan fingerprint density at radius 3 is 2.58 bits per heavy atom. The van der Waals surface area contributed by atoms with Crippen LogP contribution in [0.5, 0.6) is 0 Å². The molecule has 6 rings (SSSR count). The Bertz CT molecular complexity index is 1490. The molecular weight excluding hydrogens is 508 g/mol. The van der Waals surface area contributed by atoms with Crippen LogP contribution in [0.2, 0.25) is 0 Å². The minimum atomic E-state index is -0.320. The third-order valence-electron chi connectivity index (χ3n) is 7.81. The molecule has 0 spiro atoms. The van der Waals surface area contributed by atoms with Crippen LogP contribution in [0.15, 0.2) is 60.2 Å². The zero-order valence-electron chi connectivity index (χ0n) is 22.2. The molecular formula is C29H32N8O3. The minimum absolute atomic E-state index is 0.0696. The maximum atomic E-state index is 13.2. The van der Waals surface area contributed by atoms with Crippen molar-refractivity contribution in [2.24, 2.45) is 5.18 Å². The summed E-state index contributed by atoms with van der Waals surface area (Å²) in [6.45, 7) is 3.98. The lowest BCUT2D eigenvalue weighted by Crippen LogP contribution is -2.36. The van der Waals surface area contributed by atoms with E-state index in [-0.39, 0.29) is 18.1 Å². The van der Waals surface area contributed by atoms with Crippen LogP contribution in [-0.4, -0.2) is 74.4 Å². The average Bonchev–Trinajstić information content (AvgIpc) is 3.42. The zero-order chi connectivity index (χ0) is 27.5. The summed E-state index contributed by atoms with van der Waals surface area (Å²) in [7, 11) is 0. The first kappa shape index (κ1) is 26.0. The summed E-state index contributed by atoms with van der Waals surface area (Å²) >= 11 is 0. The van der Waals surface area contributed by atoms with Crippen molar-refractivity contribution in [2.45, 2.75) is 44.4 Å². The van der Waals surface area contributed by atoms with Gasteiger partial charge in [0.2, 0.25) is 0 Å².